The summed E-state index contributed by atoms with van der Waals surface area (Å²) in [6.45, 7) is -0.864. The lowest BCUT2D eigenvalue weighted by molar-refractivity contribution is -0.143. The molecule has 3 atom stereocenters. The molecule has 428 valence electrons. The number of pyridine rings is 1. The van der Waals surface area contributed by atoms with Crippen molar-refractivity contribution in [3.63, 3.8) is 0 Å². The van der Waals surface area contributed by atoms with E-state index in [2.05, 4.69) is 32.3 Å². The molecule has 31 heteroatoms. The maximum absolute atomic E-state index is 15.7. The average Bonchev–Trinajstić information content (AvgIpc) is 2.88. The number of nitrogens with zero attached hydrogens (tertiary/aromatic N) is 6. The normalized spacial score (nSPS) is 16.6. The molecule has 1 saturated carbocycles. The molecule has 0 unspecified atom stereocenters. The summed E-state index contributed by atoms with van der Waals surface area (Å²) >= 11 is 6.72. The summed E-state index contributed by atoms with van der Waals surface area (Å²) in [7, 11) is -10.8. The lowest BCUT2D eigenvalue weighted by atomic mass is 9.93. The number of sulfonamides is 1. The number of nitrogens with one attached hydrogen (secondary N) is 1. The second kappa shape index (κ2) is 21.1. The molecule has 0 bridgehead atoms. The van der Waals surface area contributed by atoms with Gasteiger partial charge in [-0.05, 0) is 92.1 Å². The monoisotopic (exact) mass is 1210 g/mol. The molecular weight excluding hydrogens is 1170 g/mol. The molecule has 0 spiro atoms. The van der Waals surface area contributed by atoms with Crippen molar-refractivity contribution in [1.82, 2.24) is 29.9 Å². The smallest absolute Gasteiger partial charge is 0.404 e. The number of phosphoric acid groups is 1. The van der Waals surface area contributed by atoms with E-state index in [1.807, 2.05) is 0 Å². The maximum Gasteiger partial charge on any atom is 0.529 e. The minimum atomic E-state index is -5.24. The first-order chi connectivity index (χ1) is 36.9. The third-order valence-electron chi connectivity index (χ3n) is 13.0. The standard InChI is InChI=1S/C49H43ClF10N7O10PS2/c1-46(2,79(5,71)72)16-15-29-9-12-31(41(61-29)36(19-26-17-27(51)21-28(52)18-26)62-37(68)23-65-44-39(43(63-65)49(58,59)60)33-22-34(33)48(44,56)57)32-13-14-35(50)40-42(32)66(24-47(53,54)55)64-45(40)67(80(6,73)74)38(69)20-25-7-10-30(11-8-25)77-78(70,75-3)76-4/h7-14,17-18,21,33-34,36H,19-20,22-24H2,1-6H3,(H,62,68)/t33-,34+,36-/m0/s1. The summed E-state index contributed by atoms with van der Waals surface area (Å²) in [6.07, 6.45) is -10.8. The van der Waals surface area contributed by atoms with Crippen LogP contribution < -0.4 is 14.1 Å². The van der Waals surface area contributed by atoms with Crippen molar-refractivity contribution in [2.45, 2.75) is 81.2 Å². The van der Waals surface area contributed by atoms with E-state index < -0.39 is 162 Å². The molecule has 2 aliphatic rings. The van der Waals surface area contributed by atoms with Gasteiger partial charge in [-0.3, -0.25) is 28.0 Å². The Morgan fingerprint density at radius 2 is 1.52 bits per heavy atom. The van der Waals surface area contributed by atoms with E-state index in [4.69, 9.17) is 25.2 Å². The Balaban J connectivity index is 1.32. The Labute approximate surface area is 454 Å². The highest BCUT2D eigenvalue weighted by Crippen LogP contribution is 2.68. The number of aromatic nitrogens is 5. The number of hydrogen-bond donors (Lipinski definition) is 1. The van der Waals surface area contributed by atoms with Crippen LogP contribution in [0.4, 0.5) is 49.7 Å². The highest BCUT2D eigenvalue weighted by molar-refractivity contribution is 7.93. The van der Waals surface area contributed by atoms with Crippen LogP contribution in [0.2, 0.25) is 5.02 Å². The summed E-state index contributed by atoms with van der Waals surface area (Å²) in [5.74, 6) is -7.48. The van der Waals surface area contributed by atoms with E-state index in [0.717, 1.165) is 56.9 Å². The van der Waals surface area contributed by atoms with Crippen LogP contribution in [0.15, 0.2) is 66.7 Å². The zero-order valence-electron chi connectivity index (χ0n) is 42.3. The van der Waals surface area contributed by atoms with Crippen LogP contribution in [0.3, 0.4) is 0 Å². The third kappa shape index (κ3) is 12.2. The van der Waals surface area contributed by atoms with Gasteiger partial charge < -0.3 is 9.84 Å². The summed E-state index contributed by atoms with van der Waals surface area (Å²) in [6, 6.07) is 9.65. The third-order valence-corrected chi connectivity index (χ3v) is 17.6. The van der Waals surface area contributed by atoms with E-state index in [-0.39, 0.29) is 53.8 Å². The number of benzene rings is 3. The van der Waals surface area contributed by atoms with Crippen LogP contribution in [-0.2, 0) is 81.1 Å². The first-order valence-corrected chi connectivity index (χ1v) is 28.9. The SMILES string of the molecule is COP(=O)(OC)Oc1ccc(CC(=O)N(c2nn(CC(F)(F)F)c3c(-c4ccc(C#CC(C)(C)S(C)(=O)=O)nc4[C@H](Cc4cc(F)cc(F)c4)NC(=O)Cn4nc(C(F)(F)F)c5c4C(F)(F)[C@@H]4C[C@H]54)ccc(Cl)c23)S(C)(=O)=O)cc1. The van der Waals surface area contributed by atoms with Crippen LogP contribution >= 0.6 is 19.4 Å². The number of anilines is 1. The molecule has 6 aromatic rings. The number of hydrogen-bond acceptors (Lipinski definition) is 13. The van der Waals surface area contributed by atoms with Gasteiger partial charge in [-0.25, -0.2) is 35.2 Å². The fraction of sp³-hybridized carbons (Fsp3) is 0.367. The van der Waals surface area contributed by atoms with Gasteiger partial charge in [0.05, 0.1) is 40.3 Å². The van der Waals surface area contributed by atoms with Gasteiger partial charge in [0.2, 0.25) is 21.8 Å². The number of alkyl halides is 8. The minimum absolute atomic E-state index is 0.0811. The molecule has 0 radical (unpaired) electrons. The largest absolute Gasteiger partial charge is 0.529 e. The van der Waals surface area contributed by atoms with E-state index >= 15 is 8.78 Å². The zero-order valence-corrected chi connectivity index (χ0v) is 45.6. The van der Waals surface area contributed by atoms with Crippen molar-refractivity contribution < 1.29 is 88.5 Å². The summed E-state index contributed by atoms with van der Waals surface area (Å²) < 4.78 is 227. The van der Waals surface area contributed by atoms with Gasteiger partial charge in [0.25, 0.3) is 5.92 Å². The van der Waals surface area contributed by atoms with Crippen LogP contribution in [0.25, 0.3) is 22.0 Å². The molecular formula is C49H43ClF10N7O10PS2. The van der Waals surface area contributed by atoms with Gasteiger partial charge in [0, 0.05) is 49.1 Å². The average molecular weight is 1210 g/mol. The number of amides is 2. The van der Waals surface area contributed by atoms with Crippen molar-refractivity contribution in [2.24, 2.45) is 5.92 Å². The predicted molar refractivity (Wildman–Crippen MR) is 267 cm³/mol. The summed E-state index contributed by atoms with van der Waals surface area (Å²) in [4.78, 5) is 33.0. The highest BCUT2D eigenvalue weighted by Gasteiger charge is 2.68. The maximum atomic E-state index is 15.7. The quantitative estimate of drug-likeness (QED) is 0.0513. The Hall–Kier alpha value is -6.57. The van der Waals surface area contributed by atoms with Crippen LogP contribution in [0.1, 0.15) is 71.7 Å². The van der Waals surface area contributed by atoms with E-state index in [1.165, 1.54) is 38.1 Å². The van der Waals surface area contributed by atoms with Crippen LogP contribution in [-0.4, -0.2) is 90.8 Å². The first kappa shape index (κ1) is 59.5. The number of fused-ring (bicyclic) bond motifs is 4. The fourth-order valence-corrected chi connectivity index (χ4v) is 11.1. The van der Waals surface area contributed by atoms with Crippen molar-refractivity contribution in [3.8, 4) is 28.7 Å². The van der Waals surface area contributed by atoms with E-state index in [9.17, 15) is 66.1 Å². The number of sulfone groups is 1. The Morgan fingerprint density at radius 1 is 0.900 bits per heavy atom. The molecule has 2 amide bonds. The van der Waals surface area contributed by atoms with Gasteiger partial charge in [-0.1, -0.05) is 35.7 Å². The number of carbonyl (C=O) groups excluding carboxylic acids is 2. The lowest BCUT2D eigenvalue weighted by Crippen LogP contribution is -2.38. The van der Waals surface area contributed by atoms with Crippen molar-refractivity contribution in [2.75, 3.05) is 31.0 Å². The summed E-state index contributed by atoms with van der Waals surface area (Å²) in [5.41, 5.74) is -5.95. The van der Waals surface area contributed by atoms with Gasteiger partial charge in [-0.2, -0.15) is 49.6 Å². The Morgan fingerprint density at radius 3 is 2.10 bits per heavy atom. The number of phosphoric ester groups is 1. The van der Waals surface area contributed by atoms with Crippen LogP contribution in [0.5, 0.6) is 5.75 Å². The molecule has 3 aromatic heterocycles. The van der Waals surface area contributed by atoms with Gasteiger partial charge >= 0.3 is 20.2 Å². The molecule has 3 aromatic carbocycles. The summed E-state index contributed by atoms with van der Waals surface area (Å²) in [5, 5.41) is 8.73. The minimum Gasteiger partial charge on any atom is -0.404 e. The molecule has 1 fully saturated rings. The van der Waals surface area contributed by atoms with Gasteiger partial charge in [0.15, 0.2) is 21.3 Å². The number of halogens is 11. The lowest BCUT2D eigenvalue weighted by Gasteiger charge is -2.23. The molecule has 2 aliphatic carbocycles. The molecule has 3 heterocycles. The zero-order chi connectivity index (χ0) is 59.0. The topological polar surface area (TPSA) is 211 Å². The predicted octanol–water partition coefficient (Wildman–Crippen LogP) is 9.61. The Kier molecular flexibility index (Phi) is 15.7. The molecule has 80 heavy (non-hydrogen) atoms. The van der Waals surface area contributed by atoms with Crippen molar-refractivity contribution >= 4 is 67.8 Å². The molecule has 8 rings (SSSR count). The number of rotatable bonds is 17. The van der Waals surface area contributed by atoms with Gasteiger partial charge in [-0.15, -0.1) is 0 Å². The highest BCUT2D eigenvalue weighted by atomic mass is 35.5. The molecule has 17 nitrogen and oxygen atoms in total. The fourth-order valence-electron chi connectivity index (χ4n) is 9.05. The van der Waals surface area contributed by atoms with E-state index in [0.29, 0.717) is 12.3 Å². The Bertz CT molecular complexity index is 3820. The number of carbonyl (C=O) groups is 2. The first-order valence-electron chi connectivity index (χ1n) is 23.3. The second-order valence-electron chi connectivity index (χ2n) is 19.2. The van der Waals surface area contributed by atoms with Crippen molar-refractivity contribution in [3.05, 3.63) is 123 Å². The van der Waals surface area contributed by atoms with Crippen LogP contribution in [0, 0.1) is 29.4 Å². The second-order valence-corrected chi connectivity index (χ2v) is 25.8. The molecule has 0 aliphatic heterocycles. The molecule has 1 N–H and O–H groups in total. The molecule has 0 saturated heterocycles. The van der Waals surface area contributed by atoms with E-state index in [1.54, 1.807) is 0 Å². The van der Waals surface area contributed by atoms with Crippen molar-refractivity contribution in [1.29, 1.82) is 0 Å². The van der Waals surface area contributed by atoms with Gasteiger partial charge in [0.1, 0.15) is 46.6 Å².